The molecule has 15 nitrogen and oxygen atoms in total. The number of anilines is 3. The fraction of sp³-hybridized carbons (Fsp3) is 0.346. The highest BCUT2D eigenvalue weighted by Gasteiger charge is 2.52. The summed E-state index contributed by atoms with van der Waals surface area (Å²) < 4.78 is 25.0. The third kappa shape index (κ3) is 5.16. The molecule has 0 radical (unpaired) electrons. The van der Waals surface area contributed by atoms with Gasteiger partial charge in [0.1, 0.15) is 36.3 Å². The van der Waals surface area contributed by atoms with Gasteiger partial charge >= 0.3 is 7.82 Å². The fourth-order valence-electron chi connectivity index (χ4n) is 5.76. The summed E-state index contributed by atoms with van der Waals surface area (Å²) in [5.41, 5.74) is 8.33. The van der Waals surface area contributed by atoms with E-state index < -0.39 is 44.4 Å². The summed E-state index contributed by atoms with van der Waals surface area (Å²) in [5, 5.41) is 42.7. The second kappa shape index (κ2) is 10.8. The quantitative estimate of drug-likeness (QED) is 0.122. The largest absolute Gasteiger partial charge is 0.504 e. The van der Waals surface area contributed by atoms with Crippen LogP contribution in [0.1, 0.15) is 18.2 Å². The number of rotatable bonds is 6. The van der Waals surface area contributed by atoms with Crippen molar-refractivity contribution in [2.45, 2.75) is 43.5 Å². The summed E-state index contributed by atoms with van der Waals surface area (Å²) in [4.78, 5) is 33.9. The number of phenolic OH excluding ortho intramolecular Hbond substituents is 2. The number of hydrogen-bond acceptors (Lipinski definition) is 12. The van der Waals surface area contributed by atoms with Crippen molar-refractivity contribution in [1.29, 1.82) is 0 Å². The lowest BCUT2D eigenvalue weighted by Gasteiger charge is -2.35. The van der Waals surface area contributed by atoms with Gasteiger partial charge in [-0.15, -0.1) is 0 Å². The number of nitrogens with zero attached hydrogens (tertiary/aromatic N) is 5. The summed E-state index contributed by atoms with van der Waals surface area (Å²) in [7, 11) is -5.14. The molecule has 0 bridgehead atoms. The predicted octanol–water partition coefficient (Wildman–Crippen LogP) is 1.32. The van der Waals surface area contributed by atoms with Gasteiger partial charge in [-0.1, -0.05) is 18.2 Å². The van der Waals surface area contributed by atoms with Crippen LogP contribution in [-0.2, 0) is 20.2 Å². The molecule has 8 N–H and O–H groups in total. The second-order valence-corrected chi connectivity index (χ2v) is 11.5. The van der Waals surface area contributed by atoms with Crippen molar-refractivity contribution >= 4 is 36.2 Å². The molecule has 1 saturated heterocycles. The number of para-hydroxylation sites is 1. The highest BCUT2D eigenvalue weighted by atomic mass is 31.2. The summed E-state index contributed by atoms with van der Waals surface area (Å²) in [6.45, 7) is 0.122. The molecule has 4 heterocycles. The van der Waals surface area contributed by atoms with Gasteiger partial charge in [0.25, 0.3) is 0 Å². The van der Waals surface area contributed by atoms with Crippen molar-refractivity contribution in [2.75, 3.05) is 17.2 Å². The second-order valence-electron chi connectivity index (χ2n) is 10.3. The maximum atomic E-state index is 12.2. The van der Waals surface area contributed by atoms with Crippen molar-refractivity contribution in [3.63, 3.8) is 0 Å². The van der Waals surface area contributed by atoms with Crippen molar-refractivity contribution in [2.24, 2.45) is 5.92 Å². The number of benzene rings is 2. The Kier molecular flexibility index (Phi) is 7.27. The smallest absolute Gasteiger partial charge is 0.469 e. The first kappa shape index (κ1) is 28.3. The lowest BCUT2D eigenvalue weighted by Crippen LogP contribution is -2.46. The monoisotopic (exact) mass is 600 g/mol. The molecule has 2 aromatic heterocycles. The van der Waals surface area contributed by atoms with Gasteiger partial charge in [0.2, 0.25) is 0 Å². The van der Waals surface area contributed by atoms with E-state index in [9.17, 15) is 34.8 Å². The maximum absolute atomic E-state index is 12.2. The van der Waals surface area contributed by atoms with Crippen LogP contribution >= 0.6 is 7.82 Å². The Bertz CT molecular complexity index is 1650. The van der Waals surface area contributed by atoms with Crippen LogP contribution in [0.3, 0.4) is 0 Å². The average molecular weight is 601 g/mol. The SMILES string of the molecule is Nc1ncnc2c1ncn2[C@@H]1O[C@H](C(OP(=O)(O)O)C2CCc3cc(O)c(O)cc3N(c3ccccc3)C2)[C@@H](O)[C@H]1O. The molecular weight excluding hydrogens is 571 g/mol. The van der Waals surface area contributed by atoms with E-state index >= 15 is 0 Å². The van der Waals surface area contributed by atoms with Crippen molar-refractivity contribution in [3.8, 4) is 11.5 Å². The molecule has 16 heteroatoms. The molecule has 1 fully saturated rings. The number of aliphatic hydroxyl groups is 2. The number of fused-ring (bicyclic) bond motifs is 2. The van der Waals surface area contributed by atoms with E-state index in [1.165, 1.54) is 29.4 Å². The molecule has 4 aromatic rings. The molecule has 2 aliphatic rings. The average Bonchev–Trinajstić information content (AvgIpc) is 3.45. The Labute approximate surface area is 238 Å². The van der Waals surface area contributed by atoms with Gasteiger partial charge in [0, 0.05) is 29.9 Å². The molecule has 0 saturated carbocycles. The molecule has 6 atom stereocenters. The van der Waals surface area contributed by atoms with Gasteiger partial charge in [0.15, 0.2) is 29.2 Å². The Balaban J connectivity index is 1.38. The van der Waals surface area contributed by atoms with Gasteiger partial charge in [-0.2, -0.15) is 0 Å². The number of aliphatic hydroxyl groups excluding tert-OH is 2. The molecule has 2 aromatic carbocycles. The van der Waals surface area contributed by atoms with Gasteiger partial charge in [-0.05, 0) is 36.6 Å². The number of hydrogen-bond donors (Lipinski definition) is 7. The Morgan fingerprint density at radius 2 is 1.79 bits per heavy atom. The highest BCUT2D eigenvalue weighted by molar-refractivity contribution is 7.46. The number of nitrogen functional groups attached to an aromatic ring is 1. The molecule has 222 valence electrons. The van der Waals surface area contributed by atoms with Crippen molar-refractivity contribution < 1.29 is 44.0 Å². The third-order valence-corrected chi connectivity index (χ3v) is 8.24. The van der Waals surface area contributed by atoms with Crippen LogP contribution in [0, 0.1) is 5.92 Å². The zero-order valence-electron chi connectivity index (χ0n) is 22.0. The molecule has 42 heavy (non-hydrogen) atoms. The van der Waals surface area contributed by atoms with E-state index in [4.69, 9.17) is 15.0 Å². The summed E-state index contributed by atoms with van der Waals surface area (Å²) >= 11 is 0. The first-order valence-corrected chi connectivity index (χ1v) is 14.6. The van der Waals surface area contributed by atoms with Crippen LogP contribution in [0.4, 0.5) is 17.2 Å². The van der Waals surface area contributed by atoms with Crippen LogP contribution in [-0.4, -0.2) is 80.7 Å². The fourth-order valence-corrected chi connectivity index (χ4v) is 6.37. The van der Waals surface area contributed by atoms with Crippen molar-refractivity contribution in [3.05, 3.63) is 60.7 Å². The lowest BCUT2D eigenvalue weighted by molar-refractivity contribution is -0.0969. The zero-order valence-corrected chi connectivity index (χ0v) is 22.8. The van der Waals surface area contributed by atoms with E-state index in [0.29, 0.717) is 23.4 Å². The number of phosphoric ester groups is 1. The minimum Gasteiger partial charge on any atom is -0.504 e. The molecule has 0 amide bonds. The first-order valence-electron chi connectivity index (χ1n) is 13.1. The van der Waals surface area contributed by atoms with Crippen LogP contribution in [0.5, 0.6) is 11.5 Å². The number of aryl methyl sites for hydroxylation is 1. The van der Waals surface area contributed by atoms with Crippen LogP contribution in [0.15, 0.2) is 55.1 Å². The summed E-state index contributed by atoms with van der Waals surface area (Å²) in [6, 6.07) is 12.0. The number of nitrogens with two attached hydrogens (primary N) is 1. The molecule has 6 rings (SSSR count). The third-order valence-electron chi connectivity index (χ3n) is 7.72. The van der Waals surface area contributed by atoms with E-state index in [-0.39, 0.29) is 41.4 Å². The zero-order chi connectivity index (χ0) is 29.8. The minimum atomic E-state index is -5.14. The summed E-state index contributed by atoms with van der Waals surface area (Å²) in [5.74, 6) is -1.21. The van der Waals surface area contributed by atoms with Gasteiger partial charge in [-0.3, -0.25) is 9.09 Å². The number of phosphoric acid groups is 1. The van der Waals surface area contributed by atoms with Gasteiger partial charge in [-0.25, -0.2) is 19.5 Å². The normalized spacial score (nSPS) is 25.3. The van der Waals surface area contributed by atoms with E-state index in [2.05, 4.69) is 15.0 Å². The highest BCUT2D eigenvalue weighted by Crippen LogP contribution is 2.47. The summed E-state index contributed by atoms with van der Waals surface area (Å²) in [6.07, 6.45) is -4.06. The first-order chi connectivity index (χ1) is 20.0. The molecule has 0 aliphatic carbocycles. The number of ether oxygens (including phenoxy) is 1. The number of aromatic nitrogens is 4. The van der Waals surface area contributed by atoms with Gasteiger partial charge in [0.05, 0.1) is 6.33 Å². The standard InChI is InChI=1S/C26H29N6O9P/c27-24-19-25(29-11-28-24)32(12-30-19)26-21(36)20(35)23(40-26)22(41-42(37,38)39)14-7-6-13-8-17(33)18(34)9-16(13)31(10-14)15-4-2-1-3-5-15/h1-5,8-9,11-12,14,20-23,26,33-36H,6-7,10H2,(H2,27,28,29)(H2,37,38,39)/t14?,20-,21+,22?,23-,26+/m0/s1. The molecular formula is C26H29N6O9P. The van der Waals surface area contributed by atoms with E-state index in [1.54, 1.807) is 0 Å². The van der Waals surface area contributed by atoms with Crippen LogP contribution < -0.4 is 10.6 Å². The minimum absolute atomic E-state index is 0.0992. The molecule has 0 spiro atoms. The maximum Gasteiger partial charge on any atom is 0.469 e. The van der Waals surface area contributed by atoms with Crippen LogP contribution in [0.2, 0.25) is 0 Å². The topological polar surface area (TPSA) is 230 Å². The predicted molar refractivity (Wildman–Crippen MR) is 148 cm³/mol. The van der Waals surface area contributed by atoms with E-state index in [0.717, 1.165) is 0 Å². The Morgan fingerprint density at radius 3 is 2.52 bits per heavy atom. The number of imidazole rings is 1. The van der Waals surface area contributed by atoms with Crippen molar-refractivity contribution in [1.82, 2.24) is 19.5 Å². The van der Waals surface area contributed by atoms with E-state index in [1.807, 2.05) is 35.2 Å². The lowest BCUT2D eigenvalue weighted by atomic mass is 9.89. The Morgan fingerprint density at radius 1 is 1.05 bits per heavy atom. The molecule has 2 aliphatic heterocycles. The van der Waals surface area contributed by atoms with Crippen LogP contribution in [0.25, 0.3) is 11.2 Å². The molecule has 2 unspecified atom stereocenters. The number of aromatic hydroxyl groups is 2. The Hall–Kier alpha value is -3.82. The van der Waals surface area contributed by atoms with Gasteiger partial charge < -0.3 is 45.6 Å². The number of phenols is 2.